The molecule has 2 aromatic carbocycles. The molecule has 2 aromatic heterocycles. The highest BCUT2D eigenvalue weighted by molar-refractivity contribution is 6.32. The van der Waals surface area contributed by atoms with Crippen molar-refractivity contribution in [1.82, 2.24) is 20.0 Å². The van der Waals surface area contributed by atoms with Gasteiger partial charge in [-0.3, -0.25) is 4.79 Å². The van der Waals surface area contributed by atoms with Crippen LogP contribution >= 0.6 is 11.6 Å². The van der Waals surface area contributed by atoms with Crippen LogP contribution in [0.1, 0.15) is 5.56 Å². The molecule has 2 heterocycles. The van der Waals surface area contributed by atoms with Crippen molar-refractivity contribution in [3.8, 4) is 16.9 Å². The lowest BCUT2D eigenvalue weighted by molar-refractivity contribution is 0.876. The number of nitrogens with zero attached hydrogens (tertiary/aromatic N) is 4. The van der Waals surface area contributed by atoms with Crippen molar-refractivity contribution in [2.75, 3.05) is 11.9 Å². The molecule has 0 aliphatic carbocycles. The van der Waals surface area contributed by atoms with E-state index in [-0.39, 0.29) is 5.02 Å². The molecule has 0 aliphatic heterocycles. The first-order valence-corrected chi connectivity index (χ1v) is 9.15. The van der Waals surface area contributed by atoms with Gasteiger partial charge in [0.25, 0.3) is 5.56 Å². The summed E-state index contributed by atoms with van der Waals surface area (Å²) < 4.78 is 1.86. The van der Waals surface area contributed by atoms with E-state index in [9.17, 15) is 4.79 Å². The lowest BCUT2D eigenvalue weighted by Crippen LogP contribution is -2.21. The van der Waals surface area contributed by atoms with Gasteiger partial charge >= 0.3 is 0 Å². The van der Waals surface area contributed by atoms with Crippen LogP contribution in [0.15, 0.2) is 77.9 Å². The van der Waals surface area contributed by atoms with Gasteiger partial charge < -0.3 is 4.90 Å². The van der Waals surface area contributed by atoms with Crippen LogP contribution in [0.5, 0.6) is 0 Å². The van der Waals surface area contributed by atoms with E-state index < -0.39 is 5.56 Å². The Labute approximate surface area is 167 Å². The van der Waals surface area contributed by atoms with Gasteiger partial charge in [-0.1, -0.05) is 60.1 Å². The Bertz CT molecular complexity index is 1140. The largest absolute Gasteiger partial charge is 0.367 e. The molecule has 1 N–H and O–H groups in total. The fraction of sp³-hybridized carbons (Fsp3) is 0.0952. The quantitative estimate of drug-likeness (QED) is 0.560. The van der Waals surface area contributed by atoms with Crippen LogP contribution in [0, 0.1) is 0 Å². The maximum Gasteiger partial charge on any atom is 0.285 e. The van der Waals surface area contributed by atoms with Gasteiger partial charge in [-0.15, -0.1) is 0 Å². The minimum absolute atomic E-state index is 0.120. The minimum Gasteiger partial charge on any atom is -0.367 e. The van der Waals surface area contributed by atoms with E-state index in [2.05, 4.69) is 10.2 Å². The van der Waals surface area contributed by atoms with Crippen LogP contribution in [0.4, 0.5) is 5.69 Å². The molecule has 140 valence electrons. The van der Waals surface area contributed by atoms with Gasteiger partial charge in [0.2, 0.25) is 0 Å². The summed E-state index contributed by atoms with van der Waals surface area (Å²) in [5.41, 5.74) is 4.05. The molecule has 0 saturated heterocycles. The molecule has 0 unspecified atom stereocenters. The molecule has 0 atom stereocenters. The number of benzene rings is 2. The first-order chi connectivity index (χ1) is 13.6. The van der Waals surface area contributed by atoms with Gasteiger partial charge in [0.1, 0.15) is 5.02 Å². The molecule has 0 saturated carbocycles. The van der Waals surface area contributed by atoms with E-state index in [1.807, 2.05) is 83.5 Å². The molecule has 0 fully saturated rings. The first kappa shape index (κ1) is 18.0. The Balaban J connectivity index is 1.76. The van der Waals surface area contributed by atoms with E-state index in [1.165, 1.54) is 0 Å². The summed E-state index contributed by atoms with van der Waals surface area (Å²) in [6.45, 7) is 0.516. The van der Waals surface area contributed by atoms with E-state index >= 15 is 0 Å². The highest BCUT2D eigenvalue weighted by Crippen LogP contribution is 2.27. The summed E-state index contributed by atoms with van der Waals surface area (Å²) in [6.07, 6.45) is 3.55. The van der Waals surface area contributed by atoms with Gasteiger partial charge in [-0.25, -0.2) is 9.78 Å². The molecule has 0 bridgehead atoms. The standard InChI is InChI=1S/C21H18ClN5O/c1-26(18-12-23-24-21(28)19(18)22)13-16-14-27(17-10-6-3-7-11-17)25-20(16)15-8-4-2-5-9-15/h2-12,14H,13H2,1H3,(H,24,28). The topological polar surface area (TPSA) is 66.8 Å². The van der Waals surface area contributed by atoms with E-state index in [0.717, 1.165) is 22.5 Å². The number of anilines is 1. The zero-order valence-corrected chi connectivity index (χ0v) is 16.0. The Kier molecular flexibility index (Phi) is 4.95. The van der Waals surface area contributed by atoms with E-state index in [1.54, 1.807) is 6.20 Å². The predicted molar refractivity (Wildman–Crippen MR) is 111 cm³/mol. The number of hydrogen-bond donors (Lipinski definition) is 1. The Morgan fingerprint density at radius 3 is 2.46 bits per heavy atom. The lowest BCUT2D eigenvalue weighted by atomic mass is 10.1. The second-order valence-electron chi connectivity index (χ2n) is 6.40. The van der Waals surface area contributed by atoms with Crippen molar-refractivity contribution < 1.29 is 0 Å². The van der Waals surface area contributed by atoms with Crippen molar-refractivity contribution in [2.24, 2.45) is 0 Å². The molecule has 0 spiro atoms. The minimum atomic E-state index is -0.408. The normalized spacial score (nSPS) is 10.8. The zero-order valence-electron chi connectivity index (χ0n) is 15.2. The first-order valence-electron chi connectivity index (χ1n) is 8.77. The molecule has 0 amide bonds. The van der Waals surface area contributed by atoms with Crippen molar-refractivity contribution >= 4 is 17.3 Å². The summed E-state index contributed by atoms with van der Waals surface area (Å²) in [7, 11) is 1.87. The molecular weight excluding hydrogens is 374 g/mol. The molecule has 28 heavy (non-hydrogen) atoms. The summed E-state index contributed by atoms with van der Waals surface area (Å²) in [5.74, 6) is 0. The molecule has 0 aliphatic rings. The zero-order chi connectivity index (χ0) is 19.5. The number of nitrogens with one attached hydrogen (secondary N) is 1. The number of halogens is 1. The van der Waals surface area contributed by atoms with Crippen molar-refractivity contribution in [2.45, 2.75) is 6.54 Å². The van der Waals surface area contributed by atoms with Crippen molar-refractivity contribution in [1.29, 1.82) is 0 Å². The van der Waals surface area contributed by atoms with Crippen molar-refractivity contribution in [3.63, 3.8) is 0 Å². The maximum absolute atomic E-state index is 11.8. The highest BCUT2D eigenvalue weighted by atomic mass is 35.5. The van der Waals surface area contributed by atoms with Crippen LogP contribution < -0.4 is 10.5 Å². The Hall–Kier alpha value is -3.38. The summed E-state index contributed by atoms with van der Waals surface area (Å²) in [4.78, 5) is 13.7. The number of hydrogen-bond acceptors (Lipinski definition) is 4. The van der Waals surface area contributed by atoms with Crippen LogP contribution in [0.25, 0.3) is 16.9 Å². The number of H-pyrrole nitrogens is 1. The van der Waals surface area contributed by atoms with Gasteiger partial charge in [0, 0.05) is 30.9 Å². The predicted octanol–water partition coefficient (Wildman–Crippen LogP) is 3.91. The Morgan fingerprint density at radius 2 is 1.75 bits per heavy atom. The van der Waals surface area contributed by atoms with Gasteiger partial charge in [-0.2, -0.15) is 10.2 Å². The second-order valence-corrected chi connectivity index (χ2v) is 6.78. The fourth-order valence-corrected chi connectivity index (χ4v) is 3.29. The number of para-hydroxylation sites is 1. The van der Waals surface area contributed by atoms with Gasteiger partial charge in [-0.05, 0) is 12.1 Å². The SMILES string of the molecule is CN(Cc1cn(-c2ccccc2)nc1-c1ccccc1)c1cn[nH]c(=O)c1Cl. The molecule has 4 rings (SSSR count). The van der Waals surface area contributed by atoms with Crippen molar-refractivity contribution in [3.05, 3.63) is 94.0 Å². The van der Waals surface area contributed by atoms with Gasteiger partial charge in [0.05, 0.1) is 23.3 Å². The number of aromatic amines is 1. The van der Waals surface area contributed by atoms with Crippen LogP contribution in [0.2, 0.25) is 5.02 Å². The van der Waals surface area contributed by atoms with Crippen LogP contribution in [-0.4, -0.2) is 27.0 Å². The van der Waals surface area contributed by atoms with Gasteiger partial charge in [0.15, 0.2) is 0 Å². The van der Waals surface area contributed by atoms with E-state index in [4.69, 9.17) is 16.7 Å². The number of rotatable bonds is 5. The highest BCUT2D eigenvalue weighted by Gasteiger charge is 2.16. The lowest BCUT2D eigenvalue weighted by Gasteiger charge is -2.19. The third kappa shape index (κ3) is 3.54. The summed E-state index contributed by atoms with van der Waals surface area (Å²) >= 11 is 6.17. The molecule has 4 aromatic rings. The third-order valence-corrected chi connectivity index (χ3v) is 4.82. The smallest absolute Gasteiger partial charge is 0.285 e. The average Bonchev–Trinajstić information content (AvgIpc) is 3.15. The average molecular weight is 392 g/mol. The molecular formula is C21H18ClN5O. The molecule has 0 radical (unpaired) electrons. The monoisotopic (exact) mass is 391 g/mol. The second kappa shape index (κ2) is 7.70. The van der Waals surface area contributed by atoms with E-state index in [0.29, 0.717) is 12.2 Å². The summed E-state index contributed by atoms with van der Waals surface area (Å²) in [5, 5.41) is 11.1. The maximum atomic E-state index is 11.8. The Morgan fingerprint density at radius 1 is 1.07 bits per heavy atom. The molecule has 6 nitrogen and oxygen atoms in total. The number of aromatic nitrogens is 4. The summed E-state index contributed by atoms with van der Waals surface area (Å²) in [6, 6.07) is 20.0. The fourth-order valence-electron chi connectivity index (χ4n) is 3.06. The molecule has 7 heteroatoms. The van der Waals surface area contributed by atoms with Crippen LogP contribution in [-0.2, 0) is 6.54 Å². The van der Waals surface area contributed by atoms with Crippen LogP contribution in [0.3, 0.4) is 0 Å². The third-order valence-electron chi connectivity index (χ3n) is 4.45.